The molecule has 0 aliphatic carbocycles. The van der Waals surface area contributed by atoms with Gasteiger partial charge in [0, 0.05) is 6.20 Å². The molecule has 1 heterocycles. The van der Waals surface area contributed by atoms with Crippen LogP contribution in [-0.2, 0) is 6.42 Å². The molecule has 70 valence electrons. The number of carbonyl (C=O) groups excluding carboxylic acids is 1. The Balaban J connectivity index is 0.00000169. The van der Waals surface area contributed by atoms with Crippen LogP contribution in [-0.4, -0.2) is 48.7 Å². The number of pyridine rings is 1. The van der Waals surface area contributed by atoms with Crippen LogP contribution in [0, 0.1) is 0 Å². The molecule has 1 aromatic heterocycles. The number of carboxylic acids is 1. The van der Waals surface area contributed by atoms with Gasteiger partial charge in [0.15, 0.2) is 0 Å². The minimum absolute atomic E-state index is 0. The van der Waals surface area contributed by atoms with E-state index in [0.29, 0.717) is 0 Å². The van der Waals surface area contributed by atoms with E-state index in [4.69, 9.17) is 0 Å². The maximum Gasteiger partial charge on any atom is 2.00 e. The number of aryl methyl sites for hydroxylation is 1. The zero-order chi connectivity index (χ0) is 9.68. The third kappa shape index (κ3) is 4.40. The number of hydrogen-bond acceptors (Lipinski definition) is 3. The molecule has 0 aromatic carbocycles. The van der Waals surface area contributed by atoms with Gasteiger partial charge in [-0.25, -0.2) is 0 Å². The fourth-order valence-electron chi connectivity index (χ4n) is 1.07. The van der Waals surface area contributed by atoms with Gasteiger partial charge in [0.05, 0.1) is 11.7 Å². The zero-order valence-corrected chi connectivity index (χ0v) is 10.5. The second-order valence-corrected chi connectivity index (χ2v) is 2.94. The van der Waals surface area contributed by atoms with Crippen molar-refractivity contribution in [3.05, 3.63) is 29.6 Å². The van der Waals surface area contributed by atoms with Crippen molar-refractivity contribution in [2.75, 3.05) is 0 Å². The van der Waals surface area contributed by atoms with Gasteiger partial charge in [-0.3, -0.25) is 4.98 Å². The van der Waals surface area contributed by atoms with Gasteiger partial charge in [0.2, 0.25) is 0 Å². The first-order valence-electron chi connectivity index (χ1n) is 4.40. The summed E-state index contributed by atoms with van der Waals surface area (Å²) in [5, 5.41) is 10.4. The topological polar surface area (TPSA) is 53.0 Å². The molecule has 1 aromatic rings. The third-order valence-electron chi connectivity index (χ3n) is 1.85. The number of unbranched alkanes of at least 4 members (excludes halogenated alkanes) is 1. The summed E-state index contributed by atoms with van der Waals surface area (Å²) in [5.74, 6) is -1.22. The molecule has 0 saturated carbocycles. The molecule has 0 unspecified atom stereocenters. The largest absolute Gasteiger partial charge is 2.00 e. The van der Waals surface area contributed by atoms with Crippen molar-refractivity contribution in [3.8, 4) is 0 Å². The number of rotatable bonds is 4. The average Bonchev–Trinajstić information content (AvgIpc) is 2.15. The van der Waals surface area contributed by atoms with Gasteiger partial charge in [-0.15, -0.1) is 0 Å². The van der Waals surface area contributed by atoms with Gasteiger partial charge in [-0.1, -0.05) is 19.4 Å². The van der Waals surface area contributed by atoms with E-state index in [1.54, 1.807) is 12.3 Å². The fourth-order valence-corrected chi connectivity index (χ4v) is 1.07. The fraction of sp³-hybridized carbons (Fsp3) is 0.400. The van der Waals surface area contributed by atoms with Crippen molar-refractivity contribution in [1.82, 2.24) is 4.98 Å². The van der Waals surface area contributed by atoms with Crippen LogP contribution in [0.2, 0.25) is 0 Å². The van der Waals surface area contributed by atoms with Gasteiger partial charge in [0.25, 0.3) is 0 Å². The van der Waals surface area contributed by atoms with Crippen LogP contribution < -0.4 is 5.11 Å². The standard InChI is InChI=1S/C10H13NO2.Ca/c1-2-3-4-8-5-6-9(10(12)13)11-7-8;/h5-7H,2-4H2,1H3,(H,12,13);/q;+2/p-1. The quantitative estimate of drug-likeness (QED) is 0.688. The molecule has 14 heavy (non-hydrogen) atoms. The molecule has 0 spiro atoms. The van der Waals surface area contributed by atoms with E-state index in [0.717, 1.165) is 24.8 Å². The van der Waals surface area contributed by atoms with Crippen molar-refractivity contribution in [2.45, 2.75) is 26.2 Å². The van der Waals surface area contributed by atoms with Gasteiger partial charge >= 0.3 is 37.7 Å². The van der Waals surface area contributed by atoms with Crippen LogP contribution in [0.1, 0.15) is 35.8 Å². The van der Waals surface area contributed by atoms with Crippen molar-refractivity contribution in [3.63, 3.8) is 0 Å². The average molecular weight is 218 g/mol. The Morgan fingerprint density at radius 3 is 2.64 bits per heavy atom. The molecule has 0 radical (unpaired) electrons. The van der Waals surface area contributed by atoms with E-state index in [9.17, 15) is 9.90 Å². The van der Waals surface area contributed by atoms with E-state index >= 15 is 0 Å². The summed E-state index contributed by atoms with van der Waals surface area (Å²) in [4.78, 5) is 14.1. The van der Waals surface area contributed by atoms with Crippen LogP contribution in [0.4, 0.5) is 0 Å². The van der Waals surface area contributed by atoms with Crippen LogP contribution in [0.25, 0.3) is 0 Å². The van der Waals surface area contributed by atoms with Crippen molar-refractivity contribution >= 4 is 43.7 Å². The Bertz CT molecular complexity index is 285. The molecular weight excluding hydrogens is 206 g/mol. The summed E-state index contributed by atoms with van der Waals surface area (Å²) < 4.78 is 0. The van der Waals surface area contributed by atoms with E-state index in [1.165, 1.54) is 6.07 Å². The maximum absolute atomic E-state index is 10.4. The summed E-state index contributed by atoms with van der Waals surface area (Å²) >= 11 is 0. The van der Waals surface area contributed by atoms with E-state index < -0.39 is 5.97 Å². The van der Waals surface area contributed by atoms with Gasteiger partial charge in [-0.05, 0) is 24.5 Å². The first kappa shape index (κ1) is 13.9. The normalized spacial score (nSPS) is 9.21. The number of hydrogen-bond donors (Lipinski definition) is 0. The minimum Gasteiger partial charge on any atom is -0.543 e. The number of carboxylic acid groups (broad SMARTS) is 1. The summed E-state index contributed by atoms with van der Waals surface area (Å²) in [6.07, 6.45) is 4.78. The number of nitrogens with zero attached hydrogens (tertiary/aromatic N) is 1. The Kier molecular flexibility index (Phi) is 7.15. The second-order valence-electron chi connectivity index (χ2n) is 2.94. The first-order valence-corrected chi connectivity index (χ1v) is 4.40. The Labute approximate surface area is 114 Å². The molecule has 4 heteroatoms. The predicted octanol–water partition coefficient (Wildman–Crippen LogP) is 0.407. The van der Waals surface area contributed by atoms with Crippen LogP contribution >= 0.6 is 0 Å². The molecule has 1 rings (SSSR count). The van der Waals surface area contributed by atoms with Gasteiger partial charge in [-0.2, -0.15) is 0 Å². The smallest absolute Gasteiger partial charge is 0.543 e. The zero-order valence-electron chi connectivity index (χ0n) is 8.32. The van der Waals surface area contributed by atoms with Crippen molar-refractivity contribution in [2.24, 2.45) is 0 Å². The molecule has 3 nitrogen and oxygen atoms in total. The molecule has 0 atom stereocenters. The molecule has 0 aliphatic heterocycles. The molecule has 0 N–H and O–H groups in total. The molecule has 0 fully saturated rings. The van der Waals surface area contributed by atoms with Crippen LogP contribution in [0.15, 0.2) is 18.3 Å². The SMILES string of the molecule is CCCCc1ccc(C(=O)[O-])nc1.[Ca+2]. The number of aromatic carboxylic acids is 1. The summed E-state index contributed by atoms with van der Waals surface area (Å²) in [7, 11) is 0. The Hall–Kier alpha value is -0.120. The van der Waals surface area contributed by atoms with E-state index in [1.807, 2.05) is 0 Å². The Morgan fingerprint density at radius 1 is 1.50 bits per heavy atom. The number of carbonyl (C=O) groups is 1. The molecule has 0 bridgehead atoms. The van der Waals surface area contributed by atoms with Crippen LogP contribution in [0.3, 0.4) is 0 Å². The third-order valence-corrected chi connectivity index (χ3v) is 1.85. The van der Waals surface area contributed by atoms with E-state index in [2.05, 4.69) is 11.9 Å². The van der Waals surface area contributed by atoms with Gasteiger partial charge < -0.3 is 9.90 Å². The maximum atomic E-state index is 10.4. The summed E-state index contributed by atoms with van der Waals surface area (Å²) in [5.41, 5.74) is 1.08. The molecule has 0 saturated heterocycles. The Morgan fingerprint density at radius 2 is 2.21 bits per heavy atom. The minimum atomic E-state index is -1.22. The summed E-state index contributed by atoms with van der Waals surface area (Å²) in [6, 6.07) is 3.27. The molecule has 0 amide bonds. The van der Waals surface area contributed by atoms with Gasteiger partial charge in [0.1, 0.15) is 0 Å². The summed E-state index contributed by atoms with van der Waals surface area (Å²) in [6.45, 7) is 2.11. The number of aromatic nitrogens is 1. The first-order chi connectivity index (χ1) is 6.24. The molecular formula is C10H12CaNO2+. The van der Waals surface area contributed by atoms with Crippen molar-refractivity contribution < 1.29 is 9.90 Å². The van der Waals surface area contributed by atoms with E-state index in [-0.39, 0.29) is 43.4 Å². The van der Waals surface area contributed by atoms with Crippen LogP contribution in [0.5, 0.6) is 0 Å². The predicted molar refractivity (Wildman–Crippen MR) is 52.9 cm³/mol. The van der Waals surface area contributed by atoms with Crippen molar-refractivity contribution in [1.29, 1.82) is 0 Å². The second kappa shape index (κ2) is 7.21. The monoisotopic (exact) mass is 218 g/mol. The molecule has 0 aliphatic rings.